The van der Waals surface area contributed by atoms with Gasteiger partial charge in [0.05, 0.1) is 22.7 Å². The summed E-state index contributed by atoms with van der Waals surface area (Å²) in [6, 6.07) is 5.89. The molecule has 1 aliphatic heterocycles. The Morgan fingerprint density at radius 1 is 1.18 bits per heavy atom. The van der Waals surface area contributed by atoms with E-state index in [4.69, 9.17) is 15.6 Å². The van der Waals surface area contributed by atoms with Gasteiger partial charge in [-0.15, -0.1) is 12.8 Å². The van der Waals surface area contributed by atoms with Gasteiger partial charge in [-0.05, 0) is 36.4 Å². The summed E-state index contributed by atoms with van der Waals surface area (Å²) in [7, 11) is -4.36. The predicted molar refractivity (Wildman–Crippen MR) is 121 cm³/mol. The fourth-order valence-electron chi connectivity index (χ4n) is 2.47. The first-order chi connectivity index (χ1) is 15.9. The van der Waals surface area contributed by atoms with Crippen molar-refractivity contribution in [1.82, 2.24) is 0 Å². The number of anilines is 2. The molecule has 12 heteroatoms. The van der Waals surface area contributed by atoms with Gasteiger partial charge in [0, 0.05) is 12.1 Å². The number of sulfonamides is 1. The first kappa shape index (κ1) is 30.5. The monoisotopic (exact) mass is 506 g/mol. The van der Waals surface area contributed by atoms with E-state index < -0.39 is 38.4 Å². The lowest BCUT2D eigenvalue weighted by atomic mass is 10.2. The van der Waals surface area contributed by atoms with Crippen LogP contribution >= 0.6 is 0 Å². The molecule has 0 saturated carbocycles. The van der Waals surface area contributed by atoms with Crippen LogP contribution in [0.15, 0.2) is 41.3 Å². The number of terminal acetylenes is 1. The van der Waals surface area contributed by atoms with Crippen LogP contribution in [0.3, 0.4) is 0 Å². The second-order valence-electron chi connectivity index (χ2n) is 6.04. The maximum absolute atomic E-state index is 13.4. The molecule has 0 amide bonds. The molecule has 1 aliphatic rings. The molecule has 0 aliphatic carbocycles. The number of halogens is 4. The number of nitrogens with zero attached hydrogens (tertiary/aromatic N) is 1. The molecule has 1 heterocycles. The van der Waals surface area contributed by atoms with Gasteiger partial charge in [0.15, 0.2) is 0 Å². The van der Waals surface area contributed by atoms with E-state index in [0.29, 0.717) is 6.07 Å². The summed E-state index contributed by atoms with van der Waals surface area (Å²) in [5.74, 6) is -2.05. The first-order valence-electron chi connectivity index (χ1n) is 9.85. The minimum absolute atomic E-state index is 0.0173. The highest BCUT2D eigenvalue weighted by atomic mass is 32.2. The predicted octanol–water partition coefficient (Wildman–Crippen LogP) is 4.77. The van der Waals surface area contributed by atoms with Crippen molar-refractivity contribution in [3.05, 3.63) is 47.8 Å². The molecule has 0 aromatic heterocycles. The lowest BCUT2D eigenvalue weighted by Gasteiger charge is -2.30. The summed E-state index contributed by atoms with van der Waals surface area (Å²) in [6.07, 6.45) is 3.21. The minimum Gasteiger partial charge on any atom is -0.489 e. The Hall–Kier alpha value is -3.46. The molecule has 0 unspecified atom stereocenters. The maximum Gasteiger partial charge on any atom is 0.419 e. The van der Waals surface area contributed by atoms with Crippen LogP contribution < -0.4 is 14.8 Å². The number of benzene rings is 2. The van der Waals surface area contributed by atoms with E-state index in [-0.39, 0.29) is 42.8 Å². The van der Waals surface area contributed by atoms with Gasteiger partial charge in [-0.3, -0.25) is 9.10 Å². The SMILES string of the molecule is C#C.CC.CCC(=O)O.Nc1ccc2c(c1)N(S(=O)(=O)c1ccc(F)c(C(F)(F)F)c1)CCO2. The van der Waals surface area contributed by atoms with Gasteiger partial charge in [-0.1, -0.05) is 20.8 Å². The van der Waals surface area contributed by atoms with Crippen molar-refractivity contribution in [2.75, 3.05) is 23.2 Å². The zero-order valence-electron chi connectivity index (χ0n) is 18.8. The number of carboxylic acid groups (broad SMARTS) is 1. The highest BCUT2D eigenvalue weighted by Gasteiger charge is 2.37. The second-order valence-corrected chi connectivity index (χ2v) is 7.90. The number of aliphatic carboxylic acids is 1. The van der Waals surface area contributed by atoms with Crippen LogP contribution in [-0.2, 0) is 21.0 Å². The number of hydrogen-bond acceptors (Lipinski definition) is 5. The molecule has 3 N–H and O–H groups in total. The molecule has 188 valence electrons. The quantitative estimate of drug-likeness (QED) is 0.353. The van der Waals surface area contributed by atoms with E-state index in [9.17, 15) is 30.8 Å². The van der Waals surface area contributed by atoms with Crippen molar-refractivity contribution in [1.29, 1.82) is 0 Å². The highest BCUT2D eigenvalue weighted by Crippen LogP contribution is 2.38. The Balaban J connectivity index is 0.00000106. The number of rotatable bonds is 3. The van der Waals surface area contributed by atoms with Crippen LogP contribution in [0.5, 0.6) is 5.75 Å². The Morgan fingerprint density at radius 2 is 1.74 bits per heavy atom. The van der Waals surface area contributed by atoms with Gasteiger partial charge in [0.2, 0.25) is 0 Å². The molecule has 0 spiro atoms. The number of carbonyl (C=O) groups is 1. The topological polar surface area (TPSA) is 110 Å². The van der Waals surface area contributed by atoms with Gasteiger partial charge < -0.3 is 15.6 Å². The standard InChI is InChI=1S/C15H12F4N2O3S.C3H6O2.C2H6.C2H2/c16-12-3-2-10(8-11(12)15(17,18)19)25(22,23)21-5-6-24-14-4-1-9(20)7-13(14)21;1-2-3(4)5;2*1-2/h1-4,7-8H,5-6,20H2;2H2,1H3,(H,4,5);1-2H3;1-2H. The summed E-state index contributed by atoms with van der Waals surface area (Å²) < 4.78 is 83.8. The first-order valence-corrected chi connectivity index (χ1v) is 11.3. The molecule has 0 saturated heterocycles. The third-order valence-electron chi connectivity index (χ3n) is 3.94. The zero-order valence-corrected chi connectivity index (χ0v) is 19.6. The van der Waals surface area contributed by atoms with Crippen LogP contribution in [0, 0.1) is 18.7 Å². The number of nitrogen functional groups attached to an aromatic ring is 1. The summed E-state index contributed by atoms with van der Waals surface area (Å²) >= 11 is 0. The van der Waals surface area contributed by atoms with Crippen LogP contribution in [-0.4, -0.2) is 32.6 Å². The van der Waals surface area contributed by atoms with Crippen molar-refractivity contribution in [3.8, 4) is 18.6 Å². The Kier molecular flexibility index (Phi) is 11.9. The van der Waals surface area contributed by atoms with Crippen LogP contribution in [0.4, 0.5) is 28.9 Å². The average Bonchev–Trinajstić information content (AvgIpc) is 2.81. The van der Waals surface area contributed by atoms with Crippen LogP contribution in [0.1, 0.15) is 32.8 Å². The van der Waals surface area contributed by atoms with Crippen LogP contribution in [0.2, 0.25) is 0 Å². The Bertz CT molecular complexity index is 1090. The van der Waals surface area contributed by atoms with Crippen molar-refractivity contribution in [3.63, 3.8) is 0 Å². The van der Waals surface area contributed by atoms with Gasteiger partial charge in [0.25, 0.3) is 10.0 Å². The summed E-state index contributed by atoms with van der Waals surface area (Å²) in [5, 5.41) is 7.72. The van der Waals surface area contributed by atoms with E-state index in [1.165, 1.54) is 18.2 Å². The van der Waals surface area contributed by atoms with E-state index >= 15 is 0 Å². The molecule has 7 nitrogen and oxygen atoms in total. The van der Waals surface area contributed by atoms with Crippen molar-refractivity contribution >= 4 is 27.4 Å². The number of nitrogens with two attached hydrogens (primary N) is 1. The molecule has 2 aromatic carbocycles. The molecular formula is C22H26F4N2O5S. The number of fused-ring (bicyclic) bond motifs is 1. The van der Waals surface area contributed by atoms with Crippen LogP contribution in [0.25, 0.3) is 0 Å². The number of hydrogen-bond donors (Lipinski definition) is 2. The Morgan fingerprint density at radius 3 is 2.24 bits per heavy atom. The third-order valence-corrected chi connectivity index (χ3v) is 5.75. The number of alkyl halides is 3. The molecule has 0 radical (unpaired) electrons. The molecule has 3 rings (SSSR count). The fourth-order valence-corrected chi connectivity index (χ4v) is 3.95. The molecular weight excluding hydrogens is 480 g/mol. The van der Waals surface area contributed by atoms with E-state index in [1.807, 2.05) is 13.8 Å². The van der Waals surface area contributed by atoms with Gasteiger partial charge in [0.1, 0.15) is 18.2 Å². The number of carboxylic acids is 1. The van der Waals surface area contributed by atoms with E-state index in [1.54, 1.807) is 6.92 Å². The summed E-state index contributed by atoms with van der Waals surface area (Å²) in [6.45, 7) is 5.50. The third kappa shape index (κ3) is 7.84. The summed E-state index contributed by atoms with van der Waals surface area (Å²) in [4.78, 5) is 8.70. The lowest BCUT2D eigenvalue weighted by Crippen LogP contribution is -2.38. The fraction of sp³-hybridized carbons (Fsp3) is 0.318. The lowest BCUT2D eigenvalue weighted by molar-refractivity contribution is -0.140. The van der Waals surface area contributed by atoms with E-state index in [2.05, 4.69) is 12.8 Å². The molecule has 34 heavy (non-hydrogen) atoms. The Labute approximate surface area is 196 Å². The van der Waals surface area contributed by atoms with Crippen molar-refractivity contribution in [2.45, 2.75) is 38.3 Å². The average molecular weight is 507 g/mol. The second kappa shape index (κ2) is 13.3. The smallest absolute Gasteiger partial charge is 0.419 e. The number of ether oxygens (including phenoxy) is 1. The maximum atomic E-state index is 13.4. The minimum atomic E-state index is -5.01. The largest absolute Gasteiger partial charge is 0.489 e. The van der Waals surface area contributed by atoms with Crippen molar-refractivity contribution in [2.24, 2.45) is 0 Å². The molecule has 2 aromatic rings. The normalized spacial score (nSPS) is 12.2. The highest BCUT2D eigenvalue weighted by molar-refractivity contribution is 7.92. The molecule has 0 fully saturated rings. The van der Waals surface area contributed by atoms with Gasteiger partial charge in [-0.2, -0.15) is 13.2 Å². The molecule has 0 bridgehead atoms. The van der Waals surface area contributed by atoms with Gasteiger partial charge in [-0.25, -0.2) is 12.8 Å². The van der Waals surface area contributed by atoms with Gasteiger partial charge >= 0.3 is 12.1 Å². The van der Waals surface area contributed by atoms with Crippen molar-refractivity contribution < 1.29 is 40.6 Å². The summed E-state index contributed by atoms with van der Waals surface area (Å²) in [5.41, 5.74) is 4.39. The zero-order chi connectivity index (χ0) is 26.7. The van der Waals surface area contributed by atoms with E-state index in [0.717, 1.165) is 10.4 Å². The molecule has 0 atom stereocenters.